The Morgan fingerprint density at radius 2 is 2.43 bits per heavy atom. The van der Waals surface area contributed by atoms with Gasteiger partial charge in [-0.2, -0.15) is 0 Å². The number of carbonyl (C=O) groups excluding carboxylic acids is 1. The van der Waals surface area contributed by atoms with E-state index in [1.807, 2.05) is 0 Å². The number of nitrogens with one attached hydrogen (secondary N) is 1. The molecule has 74 valence electrons. The summed E-state index contributed by atoms with van der Waals surface area (Å²) in [6.07, 6.45) is 4.00. The third-order valence-corrected chi connectivity index (χ3v) is 2.81. The Kier molecular flexibility index (Phi) is 2.53. The first-order chi connectivity index (χ1) is 6.83. The van der Waals surface area contributed by atoms with Crippen LogP contribution in [0.4, 0.5) is 5.69 Å². The molecule has 14 heavy (non-hydrogen) atoms. The third kappa shape index (κ3) is 1.65. The average molecular weight is 189 g/mol. The van der Waals surface area contributed by atoms with E-state index >= 15 is 0 Å². The fourth-order valence-electron chi connectivity index (χ4n) is 1.90. The standard InChI is InChI=1S/C12H15NO/c1-2-9-3-6-12-10(7-9)4-5-11(8-14)13-12/h3,6-8,11,13H,2,4-5H2,1H3. The number of hydrogen-bond donors (Lipinski definition) is 1. The number of aldehydes is 1. The molecule has 2 rings (SSSR count). The number of carbonyl (C=O) groups is 1. The molecule has 0 radical (unpaired) electrons. The predicted octanol–water partition coefficient (Wildman–Crippen LogP) is 2.17. The molecule has 0 saturated carbocycles. The van der Waals surface area contributed by atoms with Crippen molar-refractivity contribution < 1.29 is 4.79 Å². The largest absolute Gasteiger partial charge is 0.375 e. The van der Waals surface area contributed by atoms with Crippen molar-refractivity contribution in [3.63, 3.8) is 0 Å². The van der Waals surface area contributed by atoms with Gasteiger partial charge in [-0.1, -0.05) is 19.1 Å². The van der Waals surface area contributed by atoms with Crippen molar-refractivity contribution in [2.75, 3.05) is 5.32 Å². The van der Waals surface area contributed by atoms with Crippen LogP contribution < -0.4 is 5.32 Å². The molecule has 1 heterocycles. The molecule has 0 fully saturated rings. The van der Waals surface area contributed by atoms with Gasteiger partial charge in [-0.05, 0) is 36.5 Å². The average Bonchev–Trinajstić information content (AvgIpc) is 2.27. The van der Waals surface area contributed by atoms with Crippen molar-refractivity contribution in [1.82, 2.24) is 0 Å². The van der Waals surface area contributed by atoms with Crippen LogP contribution in [0.15, 0.2) is 18.2 Å². The van der Waals surface area contributed by atoms with Crippen molar-refractivity contribution in [2.45, 2.75) is 32.2 Å². The number of benzene rings is 1. The minimum atomic E-state index is 0.00924. The maximum Gasteiger partial charge on any atom is 0.142 e. The Labute approximate surface area is 84.3 Å². The third-order valence-electron chi connectivity index (χ3n) is 2.81. The highest BCUT2D eigenvalue weighted by Gasteiger charge is 2.16. The Bertz CT molecular complexity index is 346. The molecular formula is C12H15NO. The number of rotatable bonds is 2. The number of anilines is 1. The lowest BCUT2D eigenvalue weighted by molar-refractivity contribution is -0.108. The smallest absolute Gasteiger partial charge is 0.142 e. The SMILES string of the molecule is CCc1ccc2c(c1)CCC(C=O)N2. The van der Waals surface area contributed by atoms with Gasteiger partial charge in [0.15, 0.2) is 0 Å². The summed E-state index contributed by atoms with van der Waals surface area (Å²) in [6.45, 7) is 2.16. The van der Waals surface area contributed by atoms with Crippen LogP contribution in [0.3, 0.4) is 0 Å². The van der Waals surface area contributed by atoms with E-state index in [-0.39, 0.29) is 6.04 Å². The zero-order valence-electron chi connectivity index (χ0n) is 8.42. The van der Waals surface area contributed by atoms with Crippen molar-refractivity contribution in [3.05, 3.63) is 29.3 Å². The van der Waals surface area contributed by atoms with Gasteiger partial charge in [-0.25, -0.2) is 0 Å². The van der Waals surface area contributed by atoms with E-state index in [1.165, 1.54) is 11.1 Å². The molecule has 2 nitrogen and oxygen atoms in total. The molecule has 0 aromatic heterocycles. The predicted molar refractivity (Wildman–Crippen MR) is 57.6 cm³/mol. The van der Waals surface area contributed by atoms with Gasteiger partial charge in [0.1, 0.15) is 6.29 Å². The summed E-state index contributed by atoms with van der Waals surface area (Å²) in [4.78, 5) is 10.6. The van der Waals surface area contributed by atoms with E-state index in [0.29, 0.717) is 0 Å². The highest BCUT2D eigenvalue weighted by atomic mass is 16.1. The lowest BCUT2D eigenvalue weighted by atomic mass is 9.96. The van der Waals surface area contributed by atoms with Gasteiger partial charge in [0, 0.05) is 5.69 Å². The van der Waals surface area contributed by atoms with Crippen LogP contribution in [0.5, 0.6) is 0 Å². The number of hydrogen-bond acceptors (Lipinski definition) is 2. The van der Waals surface area contributed by atoms with Crippen LogP contribution in [-0.4, -0.2) is 12.3 Å². The maximum atomic E-state index is 10.6. The quantitative estimate of drug-likeness (QED) is 0.722. The van der Waals surface area contributed by atoms with E-state index in [4.69, 9.17) is 0 Å². The van der Waals surface area contributed by atoms with Crippen LogP contribution in [-0.2, 0) is 17.6 Å². The summed E-state index contributed by atoms with van der Waals surface area (Å²) in [5.74, 6) is 0. The van der Waals surface area contributed by atoms with Gasteiger partial charge in [0.05, 0.1) is 6.04 Å². The molecular weight excluding hydrogens is 174 g/mol. The number of aryl methyl sites for hydroxylation is 2. The van der Waals surface area contributed by atoms with E-state index in [1.54, 1.807) is 0 Å². The zero-order chi connectivity index (χ0) is 9.97. The normalized spacial score (nSPS) is 19.6. The molecule has 2 heteroatoms. The molecule has 1 aliphatic rings. The Hall–Kier alpha value is -1.31. The van der Waals surface area contributed by atoms with E-state index in [0.717, 1.165) is 31.2 Å². The lowest BCUT2D eigenvalue weighted by Crippen LogP contribution is -2.26. The molecule has 1 unspecified atom stereocenters. The highest BCUT2D eigenvalue weighted by molar-refractivity contribution is 5.68. The van der Waals surface area contributed by atoms with Gasteiger partial charge >= 0.3 is 0 Å². The second-order valence-corrected chi connectivity index (χ2v) is 3.77. The second-order valence-electron chi connectivity index (χ2n) is 3.77. The molecule has 0 saturated heterocycles. The molecule has 0 spiro atoms. The van der Waals surface area contributed by atoms with Crippen LogP contribution in [0, 0.1) is 0 Å². The zero-order valence-corrected chi connectivity index (χ0v) is 8.42. The monoisotopic (exact) mass is 189 g/mol. The van der Waals surface area contributed by atoms with E-state index < -0.39 is 0 Å². The maximum absolute atomic E-state index is 10.6. The first kappa shape index (κ1) is 9.25. The van der Waals surface area contributed by atoms with Gasteiger partial charge in [-0.15, -0.1) is 0 Å². The summed E-state index contributed by atoms with van der Waals surface area (Å²) in [7, 11) is 0. The summed E-state index contributed by atoms with van der Waals surface area (Å²) in [6, 6.07) is 6.46. The van der Waals surface area contributed by atoms with Crippen LogP contribution in [0.1, 0.15) is 24.5 Å². The molecule has 0 bridgehead atoms. The van der Waals surface area contributed by atoms with Crippen molar-refractivity contribution in [3.8, 4) is 0 Å². The minimum Gasteiger partial charge on any atom is -0.375 e. The highest BCUT2D eigenvalue weighted by Crippen LogP contribution is 2.25. The Morgan fingerprint density at radius 3 is 3.14 bits per heavy atom. The van der Waals surface area contributed by atoms with Gasteiger partial charge in [-0.3, -0.25) is 0 Å². The molecule has 1 atom stereocenters. The topological polar surface area (TPSA) is 29.1 Å². The Balaban J connectivity index is 2.27. The van der Waals surface area contributed by atoms with Crippen LogP contribution in [0.2, 0.25) is 0 Å². The summed E-state index contributed by atoms with van der Waals surface area (Å²) < 4.78 is 0. The summed E-state index contributed by atoms with van der Waals surface area (Å²) in [5.41, 5.74) is 3.85. The molecule has 1 N–H and O–H groups in total. The molecule has 1 aromatic rings. The first-order valence-electron chi connectivity index (χ1n) is 5.17. The fourth-order valence-corrected chi connectivity index (χ4v) is 1.90. The van der Waals surface area contributed by atoms with Crippen LogP contribution in [0.25, 0.3) is 0 Å². The summed E-state index contributed by atoms with van der Waals surface area (Å²) in [5, 5.41) is 3.23. The van der Waals surface area contributed by atoms with Gasteiger partial charge in [0.2, 0.25) is 0 Å². The number of fused-ring (bicyclic) bond motifs is 1. The molecule has 1 aromatic carbocycles. The van der Waals surface area contributed by atoms with E-state index in [2.05, 4.69) is 30.4 Å². The van der Waals surface area contributed by atoms with Crippen molar-refractivity contribution in [1.29, 1.82) is 0 Å². The minimum absolute atomic E-state index is 0.00924. The van der Waals surface area contributed by atoms with Crippen LogP contribution >= 0.6 is 0 Å². The van der Waals surface area contributed by atoms with Gasteiger partial charge < -0.3 is 10.1 Å². The van der Waals surface area contributed by atoms with Crippen molar-refractivity contribution >= 4 is 12.0 Å². The molecule has 1 aliphatic heterocycles. The van der Waals surface area contributed by atoms with Gasteiger partial charge in [0.25, 0.3) is 0 Å². The second kappa shape index (κ2) is 3.82. The van der Waals surface area contributed by atoms with Crippen molar-refractivity contribution in [2.24, 2.45) is 0 Å². The fraction of sp³-hybridized carbons (Fsp3) is 0.417. The molecule has 0 amide bonds. The first-order valence-corrected chi connectivity index (χ1v) is 5.17. The Morgan fingerprint density at radius 1 is 1.57 bits per heavy atom. The molecule has 0 aliphatic carbocycles. The summed E-state index contributed by atoms with van der Waals surface area (Å²) >= 11 is 0. The van der Waals surface area contributed by atoms with E-state index in [9.17, 15) is 4.79 Å². The lowest BCUT2D eigenvalue weighted by Gasteiger charge is -2.23.